The van der Waals surface area contributed by atoms with E-state index < -0.39 is 12.2 Å². The Bertz CT molecular complexity index is 595. The van der Waals surface area contributed by atoms with Crippen LogP contribution in [-0.2, 0) is 0 Å². The summed E-state index contributed by atoms with van der Waals surface area (Å²) >= 11 is 1.93. The van der Waals surface area contributed by atoms with Crippen LogP contribution in [0.2, 0.25) is 0 Å². The Labute approximate surface area is 120 Å². The Kier molecular flexibility index (Phi) is 3.98. The molecule has 2 rings (SSSR count). The van der Waals surface area contributed by atoms with E-state index in [0.717, 1.165) is 0 Å². The number of benzene rings is 2. The van der Waals surface area contributed by atoms with Crippen LogP contribution < -0.4 is 4.74 Å². The monoisotopic (exact) mass is 382 g/mol. The zero-order valence-corrected chi connectivity index (χ0v) is 11.5. The molecule has 0 fully saturated rings. The summed E-state index contributed by atoms with van der Waals surface area (Å²) in [5, 5.41) is 0. The molecule has 6 heteroatoms. The van der Waals surface area contributed by atoms with Crippen LogP contribution in [0.5, 0.6) is 5.75 Å². The summed E-state index contributed by atoms with van der Waals surface area (Å²) in [6.45, 7) is 0. The molecule has 2 aromatic carbocycles. The van der Waals surface area contributed by atoms with Crippen molar-refractivity contribution in [2.24, 2.45) is 0 Å². The van der Waals surface area contributed by atoms with E-state index >= 15 is 0 Å². The Hall–Kier alpha value is -1.31. The maximum absolute atomic E-state index is 13.0. The van der Waals surface area contributed by atoms with Crippen molar-refractivity contribution < 1.29 is 22.3 Å². The molecule has 0 radical (unpaired) electrons. The quantitative estimate of drug-likeness (QED) is 0.525. The molecular weight excluding hydrogens is 375 g/mol. The maximum Gasteiger partial charge on any atom is 0.573 e. The van der Waals surface area contributed by atoms with Crippen molar-refractivity contribution in [3.8, 4) is 16.9 Å². The van der Waals surface area contributed by atoms with E-state index in [1.807, 2.05) is 22.6 Å². The van der Waals surface area contributed by atoms with Crippen LogP contribution in [0.4, 0.5) is 17.6 Å². The Morgan fingerprint density at radius 2 is 1.74 bits per heavy atom. The predicted molar refractivity (Wildman–Crippen MR) is 71.2 cm³/mol. The predicted octanol–water partition coefficient (Wildman–Crippen LogP) is 5.00. The topological polar surface area (TPSA) is 9.23 Å². The molecule has 2 aromatic rings. The van der Waals surface area contributed by atoms with E-state index in [-0.39, 0.29) is 5.75 Å². The van der Waals surface area contributed by atoms with E-state index in [9.17, 15) is 17.6 Å². The lowest BCUT2D eigenvalue weighted by Crippen LogP contribution is -2.17. The van der Waals surface area contributed by atoms with Gasteiger partial charge in [0.2, 0.25) is 0 Å². The summed E-state index contributed by atoms with van der Waals surface area (Å²) in [6.07, 6.45) is -4.73. The third kappa shape index (κ3) is 3.82. The van der Waals surface area contributed by atoms with Gasteiger partial charge in [-0.15, -0.1) is 13.2 Å². The van der Waals surface area contributed by atoms with Gasteiger partial charge in [0.05, 0.1) is 0 Å². The van der Waals surface area contributed by atoms with Crippen LogP contribution in [0.3, 0.4) is 0 Å². The summed E-state index contributed by atoms with van der Waals surface area (Å²) in [5.74, 6) is -0.694. The molecule has 0 amide bonds. The SMILES string of the molecule is Fc1ccc(-c2cccc(OC(F)(F)F)c2)c(I)c1. The highest BCUT2D eigenvalue weighted by molar-refractivity contribution is 14.1. The average molecular weight is 382 g/mol. The molecule has 0 unspecified atom stereocenters. The second-order valence-corrected chi connectivity index (χ2v) is 4.86. The zero-order chi connectivity index (χ0) is 14.0. The highest BCUT2D eigenvalue weighted by atomic mass is 127. The lowest BCUT2D eigenvalue weighted by Gasteiger charge is -2.11. The average Bonchev–Trinajstić information content (AvgIpc) is 2.26. The van der Waals surface area contributed by atoms with Crippen LogP contribution in [0.1, 0.15) is 0 Å². The van der Waals surface area contributed by atoms with E-state index in [4.69, 9.17) is 0 Å². The van der Waals surface area contributed by atoms with Crippen molar-refractivity contribution in [3.05, 3.63) is 51.9 Å². The highest BCUT2D eigenvalue weighted by Crippen LogP contribution is 2.30. The first kappa shape index (κ1) is 14.1. The van der Waals surface area contributed by atoms with Crippen LogP contribution >= 0.6 is 22.6 Å². The van der Waals surface area contributed by atoms with Gasteiger partial charge in [0, 0.05) is 3.57 Å². The van der Waals surface area contributed by atoms with Gasteiger partial charge in [-0.05, 0) is 58.0 Å². The molecule has 0 aliphatic carbocycles. The third-order valence-electron chi connectivity index (χ3n) is 2.31. The van der Waals surface area contributed by atoms with Gasteiger partial charge in [0.15, 0.2) is 0 Å². The lowest BCUT2D eigenvalue weighted by molar-refractivity contribution is -0.274. The molecule has 100 valence electrons. The molecule has 0 aromatic heterocycles. The van der Waals surface area contributed by atoms with Crippen molar-refractivity contribution >= 4 is 22.6 Å². The molecule has 19 heavy (non-hydrogen) atoms. The molecule has 0 aliphatic rings. The Morgan fingerprint density at radius 3 is 2.37 bits per heavy atom. The van der Waals surface area contributed by atoms with Crippen LogP contribution in [0.15, 0.2) is 42.5 Å². The molecule has 0 aliphatic heterocycles. The molecule has 0 spiro atoms. The summed E-state index contributed by atoms with van der Waals surface area (Å²) < 4.78 is 53.9. The minimum Gasteiger partial charge on any atom is -0.406 e. The molecule has 1 nitrogen and oxygen atoms in total. The molecule has 0 saturated carbocycles. The normalized spacial score (nSPS) is 11.4. The van der Waals surface area contributed by atoms with Crippen molar-refractivity contribution in [1.82, 2.24) is 0 Å². The van der Waals surface area contributed by atoms with Crippen LogP contribution in [-0.4, -0.2) is 6.36 Å². The van der Waals surface area contributed by atoms with Crippen LogP contribution in [0, 0.1) is 9.39 Å². The summed E-state index contributed by atoms with van der Waals surface area (Å²) in [7, 11) is 0. The molecule has 0 N–H and O–H groups in total. The van der Waals surface area contributed by atoms with Crippen molar-refractivity contribution in [2.75, 3.05) is 0 Å². The standard InChI is InChI=1S/C13H7F4IO/c14-9-4-5-11(12(18)7-9)8-2-1-3-10(6-8)19-13(15,16)17/h1-7H. The van der Waals surface area contributed by atoms with Crippen molar-refractivity contribution in [1.29, 1.82) is 0 Å². The minimum atomic E-state index is -4.73. The Balaban J connectivity index is 2.38. The number of hydrogen-bond donors (Lipinski definition) is 0. The van der Waals surface area contributed by atoms with Gasteiger partial charge >= 0.3 is 6.36 Å². The highest BCUT2D eigenvalue weighted by Gasteiger charge is 2.31. The number of halogens is 5. The zero-order valence-electron chi connectivity index (χ0n) is 9.34. The number of alkyl halides is 3. The minimum absolute atomic E-state index is 0.301. The fourth-order valence-electron chi connectivity index (χ4n) is 1.58. The fraction of sp³-hybridized carbons (Fsp3) is 0.0769. The number of ether oxygens (including phenoxy) is 1. The van der Waals surface area contributed by atoms with Crippen LogP contribution in [0.25, 0.3) is 11.1 Å². The Morgan fingerprint density at radius 1 is 1.00 bits per heavy atom. The fourth-order valence-corrected chi connectivity index (χ4v) is 2.37. The lowest BCUT2D eigenvalue weighted by atomic mass is 10.1. The first-order valence-corrected chi connectivity index (χ1v) is 6.24. The van der Waals surface area contributed by atoms with Gasteiger partial charge in [0.1, 0.15) is 11.6 Å². The molecular formula is C13H7F4IO. The van der Waals surface area contributed by atoms with E-state index in [2.05, 4.69) is 4.74 Å². The molecule has 0 heterocycles. The smallest absolute Gasteiger partial charge is 0.406 e. The maximum atomic E-state index is 13.0. The summed E-state index contributed by atoms with van der Waals surface area (Å²) in [5.41, 5.74) is 1.18. The van der Waals surface area contributed by atoms with Gasteiger partial charge in [0.25, 0.3) is 0 Å². The first-order chi connectivity index (χ1) is 8.85. The van der Waals surface area contributed by atoms with E-state index in [0.29, 0.717) is 14.7 Å². The van der Waals surface area contributed by atoms with Crippen molar-refractivity contribution in [3.63, 3.8) is 0 Å². The van der Waals surface area contributed by atoms with Gasteiger partial charge in [-0.25, -0.2) is 4.39 Å². The molecule has 0 bridgehead atoms. The second kappa shape index (κ2) is 5.36. The number of hydrogen-bond acceptors (Lipinski definition) is 1. The molecule has 0 atom stereocenters. The number of rotatable bonds is 2. The third-order valence-corrected chi connectivity index (χ3v) is 3.20. The van der Waals surface area contributed by atoms with Crippen molar-refractivity contribution in [2.45, 2.75) is 6.36 Å². The van der Waals surface area contributed by atoms with Gasteiger partial charge < -0.3 is 4.74 Å². The van der Waals surface area contributed by atoms with E-state index in [1.54, 1.807) is 6.07 Å². The van der Waals surface area contributed by atoms with Gasteiger partial charge in [-0.1, -0.05) is 18.2 Å². The van der Waals surface area contributed by atoms with Gasteiger partial charge in [-0.2, -0.15) is 0 Å². The molecule has 0 saturated heterocycles. The van der Waals surface area contributed by atoms with E-state index in [1.165, 1.54) is 36.4 Å². The first-order valence-electron chi connectivity index (χ1n) is 5.16. The summed E-state index contributed by atoms with van der Waals surface area (Å²) in [4.78, 5) is 0. The summed E-state index contributed by atoms with van der Waals surface area (Å²) in [6, 6.07) is 9.66. The second-order valence-electron chi connectivity index (χ2n) is 3.70. The largest absolute Gasteiger partial charge is 0.573 e. The van der Waals surface area contributed by atoms with Gasteiger partial charge in [-0.3, -0.25) is 0 Å².